The molecule has 4 nitrogen and oxygen atoms in total. The zero-order valence-corrected chi connectivity index (χ0v) is 8.56. The number of phenols is 2. The zero-order valence-electron chi connectivity index (χ0n) is 8.66. The fourth-order valence-electron chi connectivity index (χ4n) is 1.25. The molecule has 0 saturated carbocycles. The largest absolute Gasteiger partial charge is 0.508 e. The maximum atomic E-state index is 9.38. The molecule has 0 aliphatic rings. The van der Waals surface area contributed by atoms with Crippen molar-refractivity contribution in [3.8, 4) is 11.5 Å². The van der Waals surface area contributed by atoms with Crippen molar-refractivity contribution in [1.82, 2.24) is 0 Å². The molecule has 1 unspecified atom stereocenters. The Hall–Kier alpha value is -1.64. The van der Waals surface area contributed by atoms with Crippen molar-refractivity contribution in [2.45, 2.75) is 0 Å². The summed E-state index contributed by atoms with van der Waals surface area (Å²) >= 11 is 0. The molecule has 0 radical (unpaired) electrons. The lowest BCUT2D eigenvalue weighted by molar-refractivity contribution is 0.475. The summed E-state index contributed by atoms with van der Waals surface area (Å²) in [5.74, 6) is 0.459. The Morgan fingerprint density at radius 3 is 2.53 bits per heavy atom. The topological polar surface area (TPSA) is 77.8 Å². The molecule has 0 heterocycles. The van der Waals surface area contributed by atoms with E-state index in [1.807, 2.05) is 6.07 Å². The minimum absolute atomic E-state index is 0.216. The van der Waals surface area contributed by atoms with E-state index in [2.05, 4.69) is 0 Å². The molecule has 2 rings (SSSR count). The smallest absolute Gasteiger partial charge is 0.491 e. The van der Waals surface area contributed by atoms with E-state index in [4.69, 9.17) is 15.8 Å². The van der Waals surface area contributed by atoms with Crippen LogP contribution in [0.3, 0.4) is 0 Å². The number of hydrogen-bond donors (Lipinski definition) is 3. The van der Waals surface area contributed by atoms with Crippen LogP contribution in [0.2, 0.25) is 0 Å². The third kappa shape index (κ3) is 2.91. The molecule has 0 amide bonds. The van der Waals surface area contributed by atoms with Gasteiger partial charge in [0.1, 0.15) is 11.5 Å². The Morgan fingerprint density at radius 2 is 1.87 bits per heavy atom. The summed E-state index contributed by atoms with van der Waals surface area (Å²) in [6.07, 6.45) is 0. The second-order valence-electron chi connectivity index (χ2n) is 2.76. The Balaban J connectivity index is 0.000000280. The van der Waals surface area contributed by atoms with Crippen molar-refractivity contribution in [1.29, 1.82) is 1.28 Å². The average Bonchev–Trinajstić information content (AvgIpc) is 2.16. The van der Waals surface area contributed by atoms with Crippen molar-refractivity contribution in [2.75, 3.05) is 0 Å². The van der Waals surface area contributed by atoms with Gasteiger partial charge in [-0.15, -0.1) is 0 Å². The molecule has 2 aromatic carbocycles. The van der Waals surface area contributed by atoms with Crippen LogP contribution in [0.5, 0.6) is 11.5 Å². The minimum Gasteiger partial charge on any atom is -0.508 e. The summed E-state index contributed by atoms with van der Waals surface area (Å²) in [4.78, 5) is 7.23. The quantitative estimate of drug-likeness (QED) is 0.601. The molecule has 0 aliphatic heterocycles. The highest BCUT2D eigenvalue weighted by Gasteiger charge is 1.98. The fourth-order valence-corrected chi connectivity index (χ4v) is 1.25. The Labute approximate surface area is 89.0 Å². The summed E-state index contributed by atoms with van der Waals surface area (Å²) in [7, 11) is -2.62. The summed E-state index contributed by atoms with van der Waals surface area (Å²) in [5.41, 5.74) is 0. The first-order valence-electron chi connectivity index (χ1n) is 4.51. The highest BCUT2D eigenvalue weighted by atomic mass is 31.1. The predicted octanol–water partition coefficient (Wildman–Crippen LogP) is 2.17. The number of hydrogen-bond acceptors (Lipinski definition) is 3. The highest BCUT2D eigenvalue weighted by molar-refractivity contribution is 7.16. The van der Waals surface area contributed by atoms with Gasteiger partial charge in [0.2, 0.25) is 0 Å². The molecule has 1 atom stereocenters. The molecule has 2 aromatic rings. The lowest BCUT2D eigenvalue weighted by Gasteiger charge is -1.99. The molecule has 78 valence electrons. The Bertz CT molecular complexity index is 511. The number of fused-ring (bicyclic) bond motifs is 1. The lowest BCUT2D eigenvalue weighted by Crippen LogP contribution is -1.72. The van der Waals surface area contributed by atoms with E-state index in [1.165, 1.54) is 0 Å². The first-order chi connectivity index (χ1) is 7.50. The average molecular weight is 226 g/mol. The van der Waals surface area contributed by atoms with E-state index in [0.29, 0.717) is 0 Å². The summed E-state index contributed by atoms with van der Waals surface area (Å²) < 4.78 is 14.5. The van der Waals surface area contributed by atoms with Crippen LogP contribution >= 0.6 is 8.63 Å². The second kappa shape index (κ2) is 5.29. The first-order valence-corrected chi connectivity index (χ1v) is 4.83. The monoisotopic (exact) mass is 226 g/mol. The Morgan fingerprint density at radius 1 is 1.20 bits per heavy atom. The van der Waals surface area contributed by atoms with Crippen molar-refractivity contribution in [3.05, 3.63) is 36.4 Å². The molecule has 15 heavy (non-hydrogen) atoms. The van der Waals surface area contributed by atoms with Gasteiger partial charge in [0, 0.05) is 5.39 Å². The van der Waals surface area contributed by atoms with Gasteiger partial charge in [0.25, 0.3) is 0 Å². The molecule has 0 saturated heterocycles. The maximum Gasteiger partial charge on any atom is 0.491 e. The predicted molar refractivity (Wildman–Crippen MR) is 58.5 cm³/mol. The first kappa shape index (κ1) is 9.90. The molecular weight excluding hydrogens is 215 g/mol. The molecule has 0 bridgehead atoms. The molecule has 0 spiro atoms. The molecular formula is C10H10O4P+. The Kier molecular flexibility index (Phi) is 3.49. The van der Waals surface area contributed by atoms with Crippen LogP contribution in [0.1, 0.15) is 0 Å². The fraction of sp³-hybridized carbons (Fsp3) is 0. The van der Waals surface area contributed by atoms with Gasteiger partial charge in [0.15, 0.2) is 0 Å². The van der Waals surface area contributed by atoms with E-state index < -0.39 is 8.63 Å². The van der Waals surface area contributed by atoms with E-state index >= 15 is 0 Å². The number of aromatic hydroxyl groups is 2. The van der Waals surface area contributed by atoms with E-state index in [-0.39, 0.29) is 11.5 Å². The van der Waals surface area contributed by atoms with Crippen LogP contribution < -0.4 is 0 Å². The second-order valence-corrected chi connectivity index (χ2v) is 2.93. The van der Waals surface area contributed by atoms with Crippen molar-refractivity contribution in [2.24, 2.45) is 0 Å². The SMILES string of the molecule is Oc1ccc2c(O)cccc2c1.[2H][P+](=O)O. The van der Waals surface area contributed by atoms with Gasteiger partial charge >= 0.3 is 9.91 Å². The van der Waals surface area contributed by atoms with Crippen LogP contribution in [0.15, 0.2) is 36.4 Å². The number of rotatable bonds is 0. The molecule has 0 aliphatic carbocycles. The van der Waals surface area contributed by atoms with Crippen molar-refractivity contribution >= 4 is 19.4 Å². The van der Waals surface area contributed by atoms with Crippen molar-refractivity contribution in [3.63, 3.8) is 0 Å². The standard InChI is InChI=1S/C10H8O2.HO2P/c11-8-4-5-9-7(6-8)2-1-3-10(9)12;1-3-2/h1-6,11-12H;3H/p+1/i;3D. The highest BCUT2D eigenvalue weighted by Crippen LogP contribution is 2.26. The van der Waals surface area contributed by atoms with E-state index in [9.17, 15) is 5.11 Å². The summed E-state index contributed by atoms with van der Waals surface area (Å²) in [5, 5.41) is 20.1. The van der Waals surface area contributed by atoms with Gasteiger partial charge in [-0.25, -0.2) is 0 Å². The summed E-state index contributed by atoms with van der Waals surface area (Å²) in [6, 6.07) is 10.1. The van der Waals surface area contributed by atoms with E-state index in [0.717, 1.165) is 10.8 Å². The van der Waals surface area contributed by atoms with Gasteiger partial charge in [-0.05, 0) is 34.2 Å². The number of benzene rings is 2. The molecule has 0 aromatic heterocycles. The third-order valence-corrected chi connectivity index (χ3v) is 1.84. The van der Waals surface area contributed by atoms with Crippen LogP contribution in [0.4, 0.5) is 0 Å². The van der Waals surface area contributed by atoms with Crippen LogP contribution in [-0.2, 0) is 4.57 Å². The third-order valence-electron chi connectivity index (χ3n) is 1.84. The summed E-state index contributed by atoms with van der Waals surface area (Å²) in [6.45, 7) is 0. The normalized spacial score (nSPS) is 11.3. The van der Waals surface area contributed by atoms with Crippen LogP contribution in [0, 0.1) is 0 Å². The zero-order chi connectivity index (χ0) is 12.1. The van der Waals surface area contributed by atoms with E-state index in [1.54, 1.807) is 30.3 Å². The molecule has 0 fully saturated rings. The van der Waals surface area contributed by atoms with Crippen LogP contribution in [0.25, 0.3) is 10.8 Å². The number of phenolic OH excluding ortho intramolecular Hbond substituents is 2. The van der Waals surface area contributed by atoms with Gasteiger partial charge in [-0.1, -0.05) is 12.1 Å². The molecule has 5 heteroatoms. The minimum atomic E-state index is -2.62. The van der Waals surface area contributed by atoms with Gasteiger partial charge in [0.05, 0.1) is 0 Å². The van der Waals surface area contributed by atoms with Gasteiger partial charge in [-0.3, -0.25) is 0 Å². The maximum absolute atomic E-state index is 9.38. The van der Waals surface area contributed by atoms with Gasteiger partial charge in [-0.2, -0.15) is 4.89 Å². The van der Waals surface area contributed by atoms with Crippen LogP contribution in [-0.4, -0.2) is 16.4 Å². The van der Waals surface area contributed by atoms with Crippen molar-refractivity contribution < 1.29 is 19.7 Å². The van der Waals surface area contributed by atoms with Gasteiger partial charge < -0.3 is 10.2 Å². The lowest BCUT2D eigenvalue weighted by atomic mass is 10.1. The molecule has 3 N–H and O–H groups in total.